The van der Waals surface area contributed by atoms with Crippen LogP contribution in [0, 0.1) is 11.8 Å². The highest BCUT2D eigenvalue weighted by Gasteiger charge is 2.41. The summed E-state index contributed by atoms with van der Waals surface area (Å²) < 4.78 is 0. The molecule has 2 rings (SSSR count). The van der Waals surface area contributed by atoms with Crippen LogP contribution in [0.2, 0.25) is 0 Å². The van der Waals surface area contributed by atoms with E-state index >= 15 is 0 Å². The summed E-state index contributed by atoms with van der Waals surface area (Å²) in [5, 5.41) is 5.69. The summed E-state index contributed by atoms with van der Waals surface area (Å²) >= 11 is 0. The topological polar surface area (TPSA) is 119 Å². The second-order valence-electron chi connectivity index (χ2n) is 11.1. The maximum atomic E-state index is 13.5. The molecule has 0 bridgehead atoms. The van der Waals surface area contributed by atoms with Gasteiger partial charge in [-0.2, -0.15) is 0 Å². The van der Waals surface area contributed by atoms with Crippen LogP contribution in [0.5, 0.6) is 0 Å². The lowest BCUT2D eigenvalue weighted by Gasteiger charge is -2.36. The van der Waals surface area contributed by atoms with Gasteiger partial charge in [-0.05, 0) is 50.9 Å². The molecule has 0 spiro atoms. The highest BCUT2D eigenvalue weighted by atomic mass is 16.2. The van der Waals surface area contributed by atoms with Crippen LogP contribution in [-0.2, 0) is 24.0 Å². The van der Waals surface area contributed by atoms with Crippen molar-refractivity contribution in [2.45, 2.75) is 111 Å². The molecule has 38 heavy (non-hydrogen) atoms. The lowest BCUT2D eigenvalue weighted by molar-refractivity contribution is -0.149. The van der Waals surface area contributed by atoms with Crippen LogP contribution in [-0.4, -0.2) is 95.1 Å². The lowest BCUT2D eigenvalue weighted by Crippen LogP contribution is -2.59. The molecule has 2 aliphatic rings. The third kappa shape index (κ3) is 7.69. The Morgan fingerprint density at radius 1 is 0.816 bits per heavy atom. The van der Waals surface area contributed by atoms with E-state index in [9.17, 15) is 24.0 Å². The second-order valence-corrected chi connectivity index (χ2v) is 11.1. The fourth-order valence-electron chi connectivity index (χ4n) is 5.24. The molecule has 0 unspecified atom stereocenters. The number of nitrogens with zero attached hydrogens (tertiary/aromatic N) is 3. The molecule has 0 aromatic rings. The molecule has 2 aliphatic heterocycles. The van der Waals surface area contributed by atoms with Crippen LogP contribution in [0.4, 0.5) is 0 Å². The van der Waals surface area contributed by atoms with Crippen LogP contribution in [0.25, 0.3) is 0 Å². The molecule has 0 aromatic carbocycles. The van der Waals surface area contributed by atoms with Gasteiger partial charge < -0.3 is 25.3 Å². The molecule has 2 heterocycles. The zero-order valence-electron chi connectivity index (χ0n) is 24.4. The van der Waals surface area contributed by atoms with Crippen molar-refractivity contribution >= 4 is 29.5 Å². The maximum Gasteiger partial charge on any atom is 0.246 e. The molecule has 216 valence electrons. The first-order valence-electron chi connectivity index (χ1n) is 14.4. The number of likely N-dealkylation sites (tertiary alicyclic amines) is 2. The third-order valence-corrected chi connectivity index (χ3v) is 8.41. The highest BCUT2D eigenvalue weighted by Crippen LogP contribution is 2.23. The van der Waals surface area contributed by atoms with E-state index in [1.54, 1.807) is 18.9 Å². The van der Waals surface area contributed by atoms with Crippen LogP contribution >= 0.6 is 0 Å². The quantitative estimate of drug-likeness (QED) is 0.419. The highest BCUT2D eigenvalue weighted by molar-refractivity contribution is 5.95. The molecular weight excluding hydrogens is 486 g/mol. The van der Waals surface area contributed by atoms with E-state index < -0.39 is 24.2 Å². The Kier molecular flexibility index (Phi) is 12.0. The molecule has 6 atom stereocenters. The molecule has 0 saturated carbocycles. The number of hydrogen-bond acceptors (Lipinski definition) is 5. The molecule has 10 nitrogen and oxygen atoms in total. The van der Waals surface area contributed by atoms with Crippen molar-refractivity contribution in [3.63, 3.8) is 0 Å². The van der Waals surface area contributed by atoms with Gasteiger partial charge in [0.15, 0.2) is 0 Å². The van der Waals surface area contributed by atoms with E-state index in [2.05, 4.69) is 10.6 Å². The molecular formula is C28H49N5O5. The summed E-state index contributed by atoms with van der Waals surface area (Å²) in [5.74, 6) is -1.44. The predicted molar refractivity (Wildman–Crippen MR) is 146 cm³/mol. The van der Waals surface area contributed by atoms with Crippen molar-refractivity contribution in [2.75, 3.05) is 26.7 Å². The summed E-state index contributed by atoms with van der Waals surface area (Å²) in [7, 11) is 1.57. The van der Waals surface area contributed by atoms with E-state index in [1.807, 2.05) is 32.6 Å². The van der Waals surface area contributed by atoms with Crippen LogP contribution < -0.4 is 10.6 Å². The van der Waals surface area contributed by atoms with Gasteiger partial charge in [0.25, 0.3) is 0 Å². The van der Waals surface area contributed by atoms with Crippen molar-refractivity contribution in [1.82, 2.24) is 25.3 Å². The fraction of sp³-hybridized carbons (Fsp3) is 0.821. The molecule has 0 radical (unpaired) electrons. The molecule has 0 aromatic heterocycles. The van der Waals surface area contributed by atoms with Gasteiger partial charge in [0.1, 0.15) is 24.2 Å². The number of rotatable bonds is 11. The third-order valence-electron chi connectivity index (χ3n) is 8.41. The number of piperidine rings is 1. The normalized spacial score (nSPS) is 21.6. The van der Waals surface area contributed by atoms with Crippen LogP contribution in [0.3, 0.4) is 0 Å². The molecule has 2 saturated heterocycles. The van der Waals surface area contributed by atoms with Gasteiger partial charge >= 0.3 is 0 Å². The fourth-order valence-corrected chi connectivity index (χ4v) is 5.24. The Bertz CT molecular complexity index is 859. The lowest BCUT2D eigenvalue weighted by atomic mass is 9.96. The SMILES string of the molecule is CC[C@H](C)[C@H](NC(=O)[C@H](C)N(C)C(=O)[C@@H]1CCCN1C(=O)[C@@H](NC(C)=O)[C@@H](C)CC)C(=O)N1CCCCC1. The Hall–Kier alpha value is -2.65. The predicted octanol–water partition coefficient (Wildman–Crippen LogP) is 1.92. The van der Waals surface area contributed by atoms with E-state index in [1.165, 1.54) is 11.8 Å². The van der Waals surface area contributed by atoms with Gasteiger partial charge in [0.2, 0.25) is 29.5 Å². The van der Waals surface area contributed by atoms with Crippen molar-refractivity contribution in [1.29, 1.82) is 0 Å². The van der Waals surface area contributed by atoms with Crippen LogP contribution in [0.15, 0.2) is 0 Å². The zero-order valence-corrected chi connectivity index (χ0v) is 24.4. The first kappa shape index (κ1) is 31.6. The van der Waals surface area contributed by atoms with Crippen molar-refractivity contribution in [3.05, 3.63) is 0 Å². The smallest absolute Gasteiger partial charge is 0.246 e. The molecule has 2 N–H and O–H groups in total. The number of nitrogens with one attached hydrogen (secondary N) is 2. The van der Waals surface area contributed by atoms with E-state index in [0.29, 0.717) is 38.9 Å². The molecule has 0 aliphatic carbocycles. The second kappa shape index (κ2) is 14.5. The molecule has 2 fully saturated rings. The van der Waals surface area contributed by atoms with Crippen LogP contribution in [0.1, 0.15) is 86.5 Å². The Labute approximate surface area is 228 Å². The average molecular weight is 536 g/mol. The maximum absolute atomic E-state index is 13.5. The summed E-state index contributed by atoms with van der Waals surface area (Å²) in [6, 6.07) is -2.85. The van der Waals surface area contributed by atoms with Gasteiger partial charge in [0.05, 0.1) is 0 Å². The monoisotopic (exact) mass is 535 g/mol. The largest absolute Gasteiger partial charge is 0.344 e. The van der Waals surface area contributed by atoms with Gasteiger partial charge in [-0.1, -0.05) is 40.5 Å². The van der Waals surface area contributed by atoms with Crippen molar-refractivity contribution < 1.29 is 24.0 Å². The number of carbonyl (C=O) groups is 5. The van der Waals surface area contributed by atoms with E-state index in [4.69, 9.17) is 0 Å². The Morgan fingerprint density at radius 2 is 1.37 bits per heavy atom. The average Bonchev–Trinajstić information content (AvgIpc) is 3.42. The minimum Gasteiger partial charge on any atom is -0.344 e. The van der Waals surface area contributed by atoms with E-state index in [-0.39, 0.29) is 41.4 Å². The zero-order chi connectivity index (χ0) is 28.6. The van der Waals surface area contributed by atoms with Crippen molar-refractivity contribution in [2.24, 2.45) is 11.8 Å². The minimum absolute atomic E-state index is 0.0456. The van der Waals surface area contributed by atoms with Gasteiger partial charge in [0, 0.05) is 33.6 Å². The standard InChI is InChI=1S/C28H49N5O5/c1-8-18(3)23(27(37)32-15-11-10-12-16-32)30-25(35)20(5)31(7)26(36)22-14-13-17-33(22)28(38)24(19(4)9-2)29-21(6)34/h18-20,22-24H,8-17H2,1-7H3,(H,29,34)(H,30,35)/t18-,19-,20-,22-,23-,24-/m0/s1. The molecule has 5 amide bonds. The summed E-state index contributed by atoms with van der Waals surface area (Å²) in [5.41, 5.74) is 0. The summed E-state index contributed by atoms with van der Waals surface area (Å²) in [6.45, 7) is 12.7. The van der Waals surface area contributed by atoms with Gasteiger partial charge in [-0.3, -0.25) is 24.0 Å². The Balaban J connectivity index is 2.12. The van der Waals surface area contributed by atoms with Gasteiger partial charge in [-0.25, -0.2) is 0 Å². The minimum atomic E-state index is -0.818. The van der Waals surface area contributed by atoms with Crippen molar-refractivity contribution in [3.8, 4) is 0 Å². The van der Waals surface area contributed by atoms with Gasteiger partial charge in [-0.15, -0.1) is 0 Å². The summed E-state index contributed by atoms with van der Waals surface area (Å²) in [4.78, 5) is 70.0. The number of hydrogen-bond donors (Lipinski definition) is 2. The van der Waals surface area contributed by atoms with E-state index in [0.717, 1.165) is 25.7 Å². The first-order valence-corrected chi connectivity index (χ1v) is 14.4. The Morgan fingerprint density at radius 3 is 1.89 bits per heavy atom. The number of amides is 5. The molecule has 10 heteroatoms. The summed E-state index contributed by atoms with van der Waals surface area (Å²) in [6.07, 6.45) is 5.65. The number of carbonyl (C=O) groups excluding carboxylic acids is 5. The number of likely N-dealkylation sites (N-methyl/N-ethyl adjacent to an activating group) is 1. The first-order chi connectivity index (χ1) is 17.9.